The molecular formula is C28H38FN3O2. The molecule has 6 heteroatoms. The number of hydrogen-bond donors (Lipinski definition) is 0. The molecule has 34 heavy (non-hydrogen) atoms. The molecule has 2 aliphatic rings. The van der Waals surface area contributed by atoms with Crippen molar-refractivity contribution < 1.29 is 13.9 Å². The molecule has 0 aliphatic carbocycles. The Labute approximate surface area is 203 Å². The minimum Gasteiger partial charge on any atom is -0.497 e. The Kier molecular flexibility index (Phi) is 8.46. The lowest BCUT2D eigenvalue weighted by molar-refractivity contribution is 0.152. The van der Waals surface area contributed by atoms with Crippen molar-refractivity contribution in [2.24, 2.45) is 0 Å². The van der Waals surface area contributed by atoms with Crippen LogP contribution in [0.3, 0.4) is 0 Å². The molecule has 2 aliphatic heterocycles. The Morgan fingerprint density at radius 1 is 0.941 bits per heavy atom. The molecule has 0 unspecified atom stereocenters. The first kappa shape index (κ1) is 24.6. The Morgan fingerprint density at radius 2 is 1.68 bits per heavy atom. The summed E-state index contributed by atoms with van der Waals surface area (Å²) in [4.78, 5) is 7.26. The topological polar surface area (TPSA) is 28.2 Å². The first-order valence-electron chi connectivity index (χ1n) is 12.5. The average Bonchev–Trinajstić information content (AvgIpc) is 2.87. The summed E-state index contributed by atoms with van der Waals surface area (Å²) in [6.45, 7) is 10.0. The van der Waals surface area contributed by atoms with Gasteiger partial charge in [0.05, 0.1) is 19.4 Å². The van der Waals surface area contributed by atoms with Crippen LogP contribution in [0.1, 0.15) is 37.3 Å². The van der Waals surface area contributed by atoms with Crippen LogP contribution in [0.5, 0.6) is 11.5 Å². The third-order valence-corrected chi connectivity index (χ3v) is 6.79. The van der Waals surface area contributed by atoms with Crippen LogP contribution in [0.25, 0.3) is 11.6 Å². The highest BCUT2D eigenvalue weighted by Crippen LogP contribution is 2.41. The number of anilines is 1. The van der Waals surface area contributed by atoms with Gasteiger partial charge < -0.3 is 24.2 Å². The van der Waals surface area contributed by atoms with Crippen LogP contribution in [0, 0.1) is 5.82 Å². The SMILES string of the molecule is CCCOc1ccc(F)c2c1N(CCCCN1CCN(C)CC1)CC(c1ccc(OC)cc1)=C2. The van der Waals surface area contributed by atoms with E-state index in [9.17, 15) is 0 Å². The van der Waals surface area contributed by atoms with Crippen LogP contribution in [-0.2, 0) is 0 Å². The lowest BCUT2D eigenvalue weighted by Gasteiger charge is -2.34. The van der Waals surface area contributed by atoms with Crippen molar-refractivity contribution in [2.45, 2.75) is 26.2 Å². The molecule has 184 valence electrons. The standard InChI is InChI=1S/C28H38FN3O2/c1-4-19-34-27-12-11-26(29)25-20-23(22-7-9-24(33-3)10-8-22)21-32(28(25)27)14-6-5-13-31-17-15-30(2)16-18-31/h7-12,20H,4-6,13-19,21H2,1-3H3. The zero-order valence-corrected chi connectivity index (χ0v) is 20.9. The van der Waals surface area contributed by atoms with E-state index in [-0.39, 0.29) is 5.82 Å². The maximum Gasteiger partial charge on any atom is 0.143 e. The van der Waals surface area contributed by atoms with Crippen LogP contribution in [0.4, 0.5) is 10.1 Å². The second-order valence-corrected chi connectivity index (χ2v) is 9.33. The summed E-state index contributed by atoms with van der Waals surface area (Å²) >= 11 is 0. The fourth-order valence-corrected chi connectivity index (χ4v) is 4.74. The van der Waals surface area contributed by atoms with Gasteiger partial charge in [-0.1, -0.05) is 19.1 Å². The average molecular weight is 468 g/mol. The molecular weight excluding hydrogens is 429 g/mol. The van der Waals surface area contributed by atoms with Gasteiger partial charge in [-0.25, -0.2) is 4.39 Å². The number of benzene rings is 2. The number of fused-ring (bicyclic) bond motifs is 1. The predicted molar refractivity (Wildman–Crippen MR) is 138 cm³/mol. The van der Waals surface area contributed by atoms with E-state index in [1.807, 2.05) is 18.2 Å². The second-order valence-electron chi connectivity index (χ2n) is 9.33. The maximum absolute atomic E-state index is 15.1. The van der Waals surface area contributed by atoms with Crippen LogP contribution in [0.15, 0.2) is 36.4 Å². The number of ether oxygens (including phenoxy) is 2. The largest absolute Gasteiger partial charge is 0.497 e. The molecule has 0 spiro atoms. The molecule has 5 nitrogen and oxygen atoms in total. The Balaban J connectivity index is 1.52. The van der Waals surface area contributed by atoms with Crippen molar-refractivity contribution in [3.63, 3.8) is 0 Å². The molecule has 0 saturated carbocycles. The van der Waals surface area contributed by atoms with Gasteiger partial charge in [-0.3, -0.25) is 0 Å². The summed E-state index contributed by atoms with van der Waals surface area (Å²) in [5.41, 5.74) is 3.73. The van der Waals surface area contributed by atoms with Gasteiger partial charge in [0.25, 0.3) is 0 Å². The lowest BCUT2D eigenvalue weighted by atomic mass is 9.95. The van der Waals surface area contributed by atoms with Crippen LogP contribution in [0.2, 0.25) is 0 Å². The van der Waals surface area contributed by atoms with Gasteiger partial charge >= 0.3 is 0 Å². The molecule has 1 fully saturated rings. The zero-order valence-electron chi connectivity index (χ0n) is 20.9. The van der Waals surface area contributed by atoms with Crippen molar-refractivity contribution in [3.05, 3.63) is 53.3 Å². The number of likely N-dealkylation sites (N-methyl/N-ethyl adjacent to an activating group) is 1. The van der Waals surface area contributed by atoms with Crippen LogP contribution >= 0.6 is 0 Å². The molecule has 4 rings (SSSR count). The van der Waals surface area contributed by atoms with Crippen molar-refractivity contribution in [3.8, 4) is 11.5 Å². The Bertz CT molecular complexity index is 968. The highest BCUT2D eigenvalue weighted by molar-refractivity contribution is 5.93. The Hall–Kier alpha value is -2.57. The number of piperazine rings is 1. The van der Waals surface area contributed by atoms with E-state index in [2.05, 4.69) is 40.8 Å². The summed E-state index contributed by atoms with van der Waals surface area (Å²) in [5.74, 6) is 1.40. The van der Waals surface area contributed by atoms with E-state index >= 15 is 4.39 Å². The van der Waals surface area contributed by atoms with E-state index < -0.39 is 0 Å². The molecule has 0 bridgehead atoms. The van der Waals surface area contributed by atoms with Gasteiger partial charge in [0.1, 0.15) is 17.3 Å². The van der Waals surface area contributed by atoms with Gasteiger partial charge in [0, 0.05) is 44.8 Å². The summed E-state index contributed by atoms with van der Waals surface area (Å²) in [6.07, 6.45) is 5.11. The van der Waals surface area contributed by atoms with Crippen molar-refractivity contribution in [1.82, 2.24) is 9.80 Å². The number of halogens is 1. The first-order valence-corrected chi connectivity index (χ1v) is 12.5. The normalized spacial score (nSPS) is 16.8. The molecule has 0 atom stereocenters. The highest BCUT2D eigenvalue weighted by atomic mass is 19.1. The molecule has 2 aromatic rings. The van der Waals surface area contributed by atoms with Gasteiger partial charge in [-0.15, -0.1) is 0 Å². The minimum absolute atomic E-state index is 0.202. The highest BCUT2D eigenvalue weighted by Gasteiger charge is 2.25. The van der Waals surface area contributed by atoms with E-state index in [0.29, 0.717) is 12.2 Å². The number of unbranched alkanes of at least 4 members (excludes halogenated alkanes) is 1. The molecule has 0 N–H and O–H groups in total. The third kappa shape index (κ3) is 5.91. The molecule has 1 saturated heterocycles. The monoisotopic (exact) mass is 467 g/mol. The van der Waals surface area contributed by atoms with E-state index in [1.165, 1.54) is 6.07 Å². The lowest BCUT2D eigenvalue weighted by Crippen LogP contribution is -2.44. The number of rotatable bonds is 10. The van der Waals surface area contributed by atoms with Crippen LogP contribution < -0.4 is 14.4 Å². The van der Waals surface area contributed by atoms with Crippen molar-refractivity contribution >= 4 is 17.3 Å². The fraction of sp³-hybridized carbons (Fsp3) is 0.500. The van der Waals surface area contributed by atoms with Crippen LogP contribution in [-0.4, -0.2) is 76.4 Å². The number of methoxy groups -OCH3 is 1. The van der Waals surface area contributed by atoms with Gasteiger partial charge in [-0.05, 0) is 74.3 Å². The molecule has 0 amide bonds. The summed E-state index contributed by atoms with van der Waals surface area (Å²) in [5, 5.41) is 0. The minimum atomic E-state index is -0.202. The van der Waals surface area contributed by atoms with E-state index in [0.717, 1.165) is 93.4 Å². The fourth-order valence-electron chi connectivity index (χ4n) is 4.74. The Morgan fingerprint density at radius 3 is 2.38 bits per heavy atom. The quantitative estimate of drug-likeness (QED) is 0.458. The summed E-state index contributed by atoms with van der Waals surface area (Å²) < 4.78 is 26.4. The smallest absolute Gasteiger partial charge is 0.143 e. The van der Waals surface area contributed by atoms with Crippen molar-refractivity contribution in [2.75, 3.05) is 71.5 Å². The third-order valence-electron chi connectivity index (χ3n) is 6.79. The first-order chi connectivity index (χ1) is 16.6. The molecule has 0 radical (unpaired) electrons. The van der Waals surface area contributed by atoms with Crippen molar-refractivity contribution in [1.29, 1.82) is 0 Å². The van der Waals surface area contributed by atoms with Gasteiger partial charge in [0.2, 0.25) is 0 Å². The van der Waals surface area contributed by atoms with Gasteiger partial charge in [-0.2, -0.15) is 0 Å². The zero-order chi connectivity index (χ0) is 23.9. The molecule has 2 aromatic carbocycles. The number of hydrogen-bond acceptors (Lipinski definition) is 5. The number of nitrogens with zero attached hydrogens (tertiary/aromatic N) is 3. The summed E-state index contributed by atoms with van der Waals surface area (Å²) in [7, 11) is 3.86. The predicted octanol–water partition coefficient (Wildman–Crippen LogP) is 5.01. The van der Waals surface area contributed by atoms with E-state index in [1.54, 1.807) is 13.2 Å². The summed E-state index contributed by atoms with van der Waals surface area (Å²) in [6, 6.07) is 11.3. The van der Waals surface area contributed by atoms with Gasteiger partial charge in [0.15, 0.2) is 0 Å². The molecule has 0 aromatic heterocycles. The maximum atomic E-state index is 15.1. The second kappa shape index (κ2) is 11.7. The van der Waals surface area contributed by atoms with E-state index in [4.69, 9.17) is 9.47 Å². The molecule has 2 heterocycles.